The molecule has 9 heteroatoms. The summed E-state index contributed by atoms with van der Waals surface area (Å²) in [5, 5.41) is 4.33. The van der Waals surface area contributed by atoms with E-state index in [2.05, 4.69) is 39.5 Å². The molecule has 2 aliphatic heterocycles. The van der Waals surface area contributed by atoms with Gasteiger partial charge >= 0.3 is 0 Å². The summed E-state index contributed by atoms with van der Waals surface area (Å²) in [4.78, 5) is 18.3. The average Bonchev–Trinajstić information content (AvgIpc) is 3.46. The molecule has 9 nitrogen and oxygen atoms in total. The summed E-state index contributed by atoms with van der Waals surface area (Å²) in [7, 11) is 6.00. The van der Waals surface area contributed by atoms with Crippen LogP contribution >= 0.6 is 0 Å². The minimum absolute atomic E-state index is 0.226. The van der Waals surface area contributed by atoms with Crippen molar-refractivity contribution in [3.63, 3.8) is 0 Å². The zero-order chi connectivity index (χ0) is 22.0. The fourth-order valence-electron chi connectivity index (χ4n) is 3.81. The number of anilines is 1. The summed E-state index contributed by atoms with van der Waals surface area (Å²) < 4.78 is 10.0. The fourth-order valence-corrected chi connectivity index (χ4v) is 3.81. The Labute approximate surface area is 183 Å². The zero-order valence-corrected chi connectivity index (χ0v) is 19.1. The SMILES string of the molecule is CC(C)n1ncnc1-c1cn2c(n1)-c1cnc(N3CCCC3)cc1OCC2.CN(C)C. The molecule has 1 saturated heterocycles. The van der Waals surface area contributed by atoms with Crippen molar-refractivity contribution in [3.8, 4) is 28.7 Å². The lowest BCUT2D eigenvalue weighted by molar-refractivity contribution is 0.306. The number of rotatable bonds is 3. The van der Waals surface area contributed by atoms with E-state index in [1.165, 1.54) is 12.8 Å². The normalized spacial score (nSPS) is 15.3. The second kappa shape index (κ2) is 9.05. The van der Waals surface area contributed by atoms with E-state index in [-0.39, 0.29) is 6.04 Å². The van der Waals surface area contributed by atoms with Gasteiger partial charge in [0.15, 0.2) is 5.82 Å². The Morgan fingerprint density at radius 1 is 1.03 bits per heavy atom. The van der Waals surface area contributed by atoms with Crippen LogP contribution in [0.15, 0.2) is 24.8 Å². The van der Waals surface area contributed by atoms with Gasteiger partial charge in [-0.1, -0.05) is 0 Å². The monoisotopic (exact) mass is 424 g/mol. The number of nitrogens with zero attached hydrogens (tertiary/aromatic N) is 8. The maximum absolute atomic E-state index is 6.02. The molecule has 0 amide bonds. The molecule has 5 rings (SSSR count). The van der Waals surface area contributed by atoms with Gasteiger partial charge in [-0.2, -0.15) is 5.10 Å². The third kappa shape index (κ3) is 4.56. The average molecular weight is 425 g/mol. The van der Waals surface area contributed by atoms with Gasteiger partial charge in [0.1, 0.15) is 36.0 Å². The van der Waals surface area contributed by atoms with Gasteiger partial charge in [-0.05, 0) is 47.8 Å². The molecular formula is C22H32N8O. The molecule has 0 N–H and O–H groups in total. The first-order valence-corrected chi connectivity index (χ1v) is 10.9. The number of aromatic nitrogens is 6. The maximum atomic E-state index is 6.02. The van der Waals surface area contributed by atoms with E-state index in [9.17, 15) is 0 Å². The summed E-state index contributed by atoms with van der Waals surface area (Å²) >= 11 is 0. The summed E-state index contributed by atoms with van der Waals surface area (Å²) in [5.41, 5.74) is 1.75. The Bertz CT molecular complexity index is 1010. The summed E-state index contributed by atoms with van der Waals surface area (Å²) in [5.74, 6) is 3.50. The standard InChI is InChI=1S/C19H23N7O.C3H9N/c1-13(2)26-19(21-12-22-26)15-11-25-7-8-27-16-9-17(24-5-3-4-6-24)20-10-14(16)18(25)23-15;1-4(2)3/h9-13H,3-8H2,1-2H3;1-3H3. The summed E-state index contributed by atoms with van der Waals surface area (Å²) in [6.45, 7) is 7.66. The lowest BCUT2D eigenvalue weighted by atomic mass is 10.2. The number of hydrogen-bond donors (Lipinski definition) is 0. The van der Waals surface area contributed by atoms with Crippen LogP contribution in [-0.4, -0.2) is 75.0 Å². The predicted molar refractivity (Wildman–Crippen MR) is 121 cm³/mol. The number of pyridine rings is 1. The highest BCUT2D eigenvalue weighted by Gasteiger charge is 2.23. The molecule has 0 bridgehead atoms. The lowest BCUT2D eigenvalue weighted by Gasteiger charge is -2.17. The van der Waals surface area contributed by atoms with Crippen LogP contribution < -0.4 is 9.64 Å². The van der Waals surface area contributed by atoms with Crippen LogP contribution in [0.3, 0.4) is 0 Å². The number of fused-ring (bicyclic) bond motifs is 3. The van der Waals surface area contributed by atoms with Gasteiger partial charge in [0.25, 0.3) is 0 Å². The molecule has 0 saturated carbocycles. The van der Waals surface area contributed by atoms with Crippen LogP contribution in [-0.2, 0) is 6.54 Å². The van der Waals surface area contributed by atoms with Gasteiger partial charge in [-0.3, -0.25) is 0 Å². The molecule has 3 aromatic heterocycles. The minimum Gasteiger partial charge on any atom is -0.491 e. The fraction of sp³-hybridized carbons (Fsp3) is 0.545. The Balaban J connectivity index is 0.000000535. The molecule has 3 aromatic rings. The van der Waals surface area contributed by atoms with E-state index >= 15 is 0 Å². The molecule has 166 valence electrons. The molecule has 0 atom stereocenters. The Morgan fingerprint density at radius 3 is 2.48 bits per heavy atom. The first-order valence-electron chi connectivity index (χ1n) is 10.9. The highest BCUT2D eigenvalue weighted by Crippen LogP contribution is 2.35. The van der Waals surface area contributed by atoms with Crippen molar-refractivity contribution in [2.75, 3.05) is 45.7 Å². The first-order chi connectivity index (χ1) is 14.9. The van der Waals surface area contributed by atoms with Crippen molar-refractivity contribution in [1.29, 1.82) is 0 Å². The number of hydrogen-bond acceptors (Lipinski definition) is 7. The van der Waals surface area contributed by atoms with Gasteiger partial charge in [-0.25, -0.2) is 19.6 Å². The van der Waals surface area contributed by atoms with E-state index in [0.29, 0.717) is 6.61 Å². The topological polar surface area (TPSA) is 77.1 Å². The van der Waals surface area contributed by atoms with Gasteiger partial charge in [0.05, 0.1) is 12.1 Å². The third-order valence-electron chi connectivity index (χ3n) is 5.18. The molecular weight excluding hydrogens is 392 g/mol. The van der Waals surface area contributed by atoms with Crippen molar-refractivity contribution in [1.82, 2.24) is 34.2 Å². The summed E-state index contributed by atoms with van der Waals surface area (Å²) in [6, 6.07) is 2.28. The highest BCUT2D eigenvalue weighted by atomic mass is 16.5. The van der Waals surface area contributed by atoms with Crippen molar-refractivity contribution < 1.29 is 4.74 Å². The molecule has 0 spiro atoms. The Hall–Kier alpha value is -2.94. The van der Waals surface area contributed by atoms with Crippen molar-refractivity contribution in [3.05, 3.63) is 24.8 Å². The van der Waals surface area contributed by atoms with Crippen LogP contribution in [0.25, 0.3) is 22.9 Å². The highest BCUT2D eigenvalue weighted by molar-refractivity contribution is 5.69. The molecule has 1 fully saturated rings. The quantitative estimate of drug-likeness (QED) is 0.640. The van der Waals surface area contributed by atoms with Gasteiger partial charge in [0.2, 0.25) is 0 Å². The molecule has 0 aromatic carbocycles. The van der Waals surface area contributed by atoms with Gasteiger partial charge < -0.3 is 19.1 Å². The predicted octanol–water partition coefficient (Wildman–Crippen LogP) is 2.95. The molecule has 0 unspecified atom stereocenters. The van der Waals surface area contributed by atoms with Crippen LogP contribution in [0.4, 0.5) is 5.82 Å². The largest absolute Gasteiger partial charge is 0.491 e. The van der Waals surface area contributed by atoms with E-state index in [1.54, 1.807) is 6.33 Å². The molecule has 0 radical (unpaired) electrons. The number of imidazole rings is 1. The summed E-state index contributed by atoms with van der Waals surface area (Å²) in [6.07, 6.45) is 7.96. The molecule has 5 heterocycles. The smallest absolute Gasteiger partial charge is 0.178 e. The molecule has 0 aliphatic carbocycles. The molecule has 2 aliphatic rings. The van der Waals surface area contributed by atoms with Crippen LogP contribution in [0.1, 0.15) is 32.7 Å². The second-order valence-corrected chi connectivity index (χ2v) is 8.69. The van der Waals surface area contributed by atoms with Crippen LogP contribution in [0.2, 0.25) is 0 Å². The second-order valence-electron chi connectivity index (χ2n) is 8.69. The number of ether oxygens (including phenoxy) is 1. The van der Waals surface area contributed by atoms with Crippen molar-refractivity contribution >= 4 is 5.82 Å². The van der Waals surface area contributed by atoms with E-state index in [4.69, 9.17) is 14.7 Å². The van der Waals surface area contributed by atoms with Crippen LogP contribution in [0.5, 0.6) is 5.75 Å². The van der Waals surface area contributed by atoms with Gasteiger partial charge in [0, 0.05) is 37.6 Å². The van der Waals surface area contributed by atoms with Crippen molar-refractivity contribution in [2.24, 2.45) is 0 Å². The Kier molecular flexibility index (Phi) is 6.22. The van der Waals surface area contributed by atoms with Gasteiger partial charge in [-0.15, -0.1) is 0 Å². The minimum atomic E-state index is 0.226. The lowest BCUT2D eigenvalue weighted by Crippen LogP contribution is -2.18. The van der Waals surface area contributed by atoms with E-state index < -0.39 is 0 Å². The van der Waals surface area contributed by atoms with Crippen LogP contribution in [0, 0.1) is 0 Å². The first kappa shape index (κ1) is 21.3. The van der Waals surface area contributed by atoms with E-state index in [1.807, 2.05) is 43.1 Å². The van der Waals surface area contributed by atoms with Crippen molar-refractivity contribution in [2.45, 2.75) is 39.3 Å². The third-order valence-corrected chi connectivity index (χ3v) is 5.18. The molecule has 31 heavy (non-hydrogen) atoms. The van der Waals surface area contributed by atoms with E-state index in [0.717, 1.165) is 54.1 Å². The zero-order valence-electron chi connectivity index (χ0n) is 19.1. The maximum Gasteiger partial charge on any atom is 0.178 e. The Morgan fingerprint density at radius 2 is 1.77 bits per heavy atom.